The minimum Gasteiger partial charge on any atom is -0.497 e. The molecule has 3 aromatic carbocycles. The number of hydrogen-bond donors (Lipinski definition) is 1. The van der Waals surface area contributed by atoms with Gasteiger partial charge >= 0.3 is 0 Å². The number of carbonyl (C=O) groups is 1. The maximum absolute atomic E-state index is 12.5. The Morgan fingerprint density at radius 3 is 2.32 bits per heavy atom. The highest BCUT2D eigenvalue weighted by molar-refractivity contribution is 6.04. The zero-order chi connectivity index (χ0) is 21.4. The summed E-state index contributed by atoms with van der Waals surface area (Å²) in [5, 5.41) is 18.4. The molecule has 1 amide bonds. The maximum atomic E-state index is 12.5. The average molecular weight is 409 g/mol. The van der Waals surface area contributed by atoms with Crippen LogP contribution in [0.25, 0.3) is 27.8 Å². The Morgan fingerprint density at radius 2 is 1.61 bits per heavy atom. The zero-order valence-corrected chi connectivity index (χ0v) is 17.0. The monoisotopic (exact) mass is 409 g/mol. The fourth-order valence-electron chi connectivity index (χ4n) is 3.57. The predicted octanol–water partition coefficient (Wildman–Crippen LogP) is 4.51. The molecule has 1 N–H and O–H groups in total. The van der Waals surface area contributed by atoms with Gasteiger partial charge in [0.25, 0.3) is 5.91 Å². The molecule has 0 bridgehead atoms. The molecule has 2 heterocycles. The second-order valence-corrected chi connectivity index (χ2v) is 7.15. The van der Waals surface area contributed by atoms with E-state index < -0.39 is 0 Å². The smallest absolute Gasteiger partial charge is 0.255 e. The first-order valence-corrected chi connectivity index (χ1v) is 9.80. The molecule has 0 saturated carbocycles. The molecule has 0 aliphatic rings. The van der Waals surface area contributed by atoms with E-state index in [4.69, 9.17) is 4.74 Å². The predicted molar refractivity (Wildman–Crippen MR) is 119 cm³/mol. The summed E-state index contributed by atoms with van der Waals surface area (Å²) in [7, 11) is 1.59. The maximum Gasteiger partial charge on any atom is 0.255 e. The number of amides is 1. The topological polar surface area (TPSA) is 81.4 Å². The van der Waals surface area contributed by atoms with Gasteiger partial charge in [-0.2, -0.15) is 9.61 Å². The fourth-order valence-corrected chi connectivity index (χ4v) is 3.57. The van der Waals surface area contributed by atoms with Crippen molar-refractivity contribution in [1.82, 2.24) is 19.8 Å². The summed E-state index contributed by atoms with van der Waals surface area (Å²) in [5.41, 5.74) is 3.73. The van der Waals surface area contributed by atoms with Crippen LogP contribution in [0.2, 0.25) is 0 Å². The first kappa shape index (κ1) is 18.7. The van der Waals surface area contributed by atoms with Gasteiger partial charge in [0.15, 0.2) is 11.5 Å². The fraction of sp³-hybridized carbons (Fsp3) is 0.0833. The number of nitrogens with zero attached hydrogens (tertiary/aromatic N) is 4. The van der Waals surface area contributed by atoms with E-state index in [9.17, 15) is 4.79 Å². The normalized spacial score (nSPS) is 11.0. The molecular weight excluding hydrogens is 390 g/mol. The van der Waals surface area contributed by atoms with E-state index in [1.807, 2.05) is 55.5 Å². The second-order valence-electron chi connectivity index (χ2n) is 7.15. The molecule has 7 heteroatoms. The number of aromatic nitrogens is 4. The molecule has 7 nitrogen and oxygen atoms in total. The van der Waals surface area contributed by atoms with E-state index in [0.717, 1.165) is 22.0 Å². The van der Waals surface area contributed by atoms with E-state index in [1.165, 1.54) is 0 Å². The quantitative estimate of drug-likeness (QED) is 0.472. The van der Waals surface area contributed by atoms with E-state index in [1.54, 1.807) is 35.9 Å². The van der Waals surface area contributed by atoms with Gasteiger partial charge in [-0.1, -0.05) is 24.3 Å². The molecule has 5 aromatic rings. The summed E-state index contributed by atoms with van der Waals surface area (Å²) < 4.78 is 6.89. The molecule has 0 radical (unpaired) electrons. The number of hydrogen-bond acceptors (Lipinski definition) is 5. The van der Waals surface area contributed by atoms with Crippen LogP contribution >= 0.6 is 0 Å². The second kappa shape index (κ2) is 7.53. The molecular formula is C24H19N5O2. The van der Waals surface area contributed by atoms with Gasteiger partial charge in [-0.3, -0.25) is 4.79 Å². The van der Waals surface area contributed by atoms with Crippen molar-refractivity contribution in [2.45, 2.75) is 6.92 Å². The Hall–Kier alpha value is -4.26. The van der Waals surface area contributed by atoms with Crippen LogP contribution in [0, 0.1) is 6.92 Å². The third kappa shape index (κ3) is 3.36. The number of anilines is 1. The summed E-state index contributed by atoms with van der Waals surface area (Å²) in [6.07, 6.45) is 0. The average Bonchev–Trinajstić information content (AvgIpc) is 3.24. The SMILES string of the molecule is COc1ccc(C(=O)Nc2ccc(-c3nnc4c5ccccc5c(C)nn34)cc2)cc1. The molecule has 5 rings (SSSR count). The van der Waals surface area contributed by atoms with Gasteiger partial charge in [-0.15, -0.1) is 10.2 Å². The Labute approximate surface area is 178 Å². The molecule has 0 fully saturated rings. The van der Waals surface area contributed by atoms with E-state index in [2.05, 4.69) is 20.6 Å². The van der Waals surface area contributed by atoms with Crippen LogP contribution in [-0.2, 0) is 0 Å². The van der Waals surface area contributed by atoms with Gasteiger partial charge in [0.1, 0.15) is 5.75 Å². The Bertz CT molecular complexity index is 1410. The molecule has 31 heavy (non-hydrogen) atoms. The lowest BCUT2D eigenvalue weighted by molar-refractivity contribution is 0.102. The molecule has 0 saturated heterocycles. The molecule has 0 aliphatic heterocycles. The van der Waals surface area contributed by atoms with Crippen LogP contribution < -0.4 is 10.1 Å². The Balaban J connectivity index is 1.43. The summed E-state index contributed by atoms with van der Waals surface area (Å²) in [5.74, 6) is 1.17. The summed E-state index contributed by atoms with van der Waals surface area (Å²) in [6.45, 7) is 1.98. The van der Waals surface area contributed by atoms with Crippen LogP contribution in [0.4, 0.5) is 5.69 Å². The highest BCUT2D eigenvalue weighted by Crippen LogP contribution is 2.25. The van der Waals surface area contributed by atoms with Gasteiger partial charge in [0.05, 0.1) is 12.8 Å². The number of ether oxygens (including phenoxy) is 1. The van der Waals surface area contributed by atoms with E-state index in [-0.39, 0.29) is 5.91 Å². The van der Waals surface area contributed by atoms with Crippen LogP contribution in [0.15, 0.2) is 72.8 Å². The first-order chi connectivity index (χ1) is 15.1. The third-order valence-electron chi connectivity index (χ3n) is 5.20. The molecule has 0 atom stereocenters. The standard InChI is InChI=1S/C24H19N5O2/c1-15-20-5-3-4-6-21(20)23-27-26-22(29(23)28-15)16-7-11-18(12-8-16)25-24(30)17-9-13-19(31-2)14-10-17/h3-14H,1-2H3,(H,25,30). The number of nitrogens with one attached hydrogen (secondary N) is 1. The highest BCUT2D eigenvalue weighted by atomic mass is 16.5. The number of fused-ring (bicyclic) bond motifs is 3. The third-order valence-corrected chi connectivity index (χ3v) is 5.20. The lowest BCUT2D eigenvalue weighted by atomic mass is 10.1. The van der Waals surface area contributed by atoms with Crippen molar-refractivity contribution in [2.75, 3.05) is 12.4 Å². The van der Waals surface area contributed by atoms with Crippen LogP contribution in [-0.4, -0.2) is 32.8 Å². The minimum absolute atomic E-state index is 0.188. The van der Waals surface area contributed by atoms with Crippen LogP contribution in [0.1, 0.15) is 16.1 Å². The van der Waals surface area contributed by atoms with Crippen molar-refractivity contribution in [1.29, 1.82) is 0 Å². The van der Waals surface area contributed by atoms with Gasteiger partial charge in [0, 0.05) is 27.6 Å². The van der Waals surface area contributed by atoms with Crippen molar-refractivity contribution in [2.24, 2.45) is 0 Å². The summed E-state index contributed by atoms with van der Waals surface area (Å²) in [4.78, 5) is 12.5. The molecule has 152 valence electrons. The zero-order valence-electron chi connectivity index (χ0n) is 17.0. The molecule has 2 aromatic heterocycles. The van der Waals surface area contributed by atoms with Crippen LogP contribution in [0.3, 0.4) is 0 Å². The summed E-state index contributed by atoms with van der Waals surface area (Å²) in [6, 6.07) is 22.5. The van der Waals surface area contributed by atoms with Gasteiger partial charge in [-0.25, -0.2) is 0 Å². The Kier molecular flexibility index (Phi) is 4.55. The van der Waals surface area contributed by atoms with Crippen molar-refractivity contribution < 1.29 is 9.53 Å². The minimum atomic E-state index is -0.188. The summed E-state index contributed by atoms with van der Waals surface area (Å²) >= 11 is 0. The number of carbonyl (C=O) groups excluding carboxylic acids is 1. The number of benzene rings is 3. The van der Waals surface area contributed by atoms with Gasteiger partial charge in [0.2, 0.25) is 0 Å². The van der Waals surface area contributed by atoms with Crippen molar-refractivity contribution >= 4 is 28.0 Å². The lowest BCUT2D eigenvalue weighted by Gasteiger charge is -2.08. The molecule has 0 aliphatic carbocycles. The number of methoxy groups -OCH3 is 1. The first-order valence-electron chi connectivity index (χ1n) is 9.80. The van der Waals surface area contributed by atoms with Crippen molar-refractivity contribution in [3.05, 3.63) is 84.1 Å². The lowest BCUT2D eigenvalue weighted by Crippen LogP contribution is -2.11. The van der Waals surface area contributed by atoms with Crippen LogP contribution in [0.5, 0.6) is 5.75 Å². The molecule has 0 spiro atoms. The van der Waals surface area contributed by atoms with Gasteiger partial charge < -0.3 is 10.1 Å². The Morgan fingerprint density at radius 1 is 0.903 bits per heavy atom. The van der Waals surface area contributed by atoms with E-state index >= 15 is 0 Å². The van der Waals surface area contributed by atoms with E-state index in [0.29, 0.717) is 28.5 Å². The highest BCUT2D eigenvalue weighted by Gasteiger charge is 2.14. The number of aryl methyl sites for hydroxylation is 1. The van der Waals surface area contributed by atoms with Crippen molar-refractivity contribution in [3.8, 4) is 17.1 Å². The van der Waals surface area contributed by atoms with Gasteiger partial charge in [-0.05, 0) is 55.5 Å². The van der Waals surface area contributed by atoms with Crippen molar-refractivity contribution in [3.63, 3.8) is 0 Å². The number of rotatable bonds is 4. The largest absolute Gasteiger partial charge is 0.497 e. The molecule has 0 unspecified atom stereocenters.